The van der Waals surface area contributed by atoms with E-state index in [0.717, 1.165) is 29.9 Å². The van der Waals surface area contributed by atoms with Gasteiger partial charge in [0.05, 0.1) is 20.2 Å². The number of ether oxygens (including phenoxy) is 1. The SMILES string of the molecule is COc1ccc(CCC(=O)N2CCCN(CC(=O)NCC(=O)Nc3ccc(F)c(F)c3)CC2)cc1. The van der Waals surface area contributed by atoms with Crippen molar-refractivity contribution in [2.75, 3.05) is 51.7 Å². The highest BCUT2D eigenvalue weighted by Crippen LogP contribution is 2.14. The third-order valence-electron chi connectivity index (χ3n) is 5.74. The quantitative estimate of drug-likeness (QED) is 0.565. The first-order valence-corrected chi connectivity index (χ1v) is 11.5. The molecule has 0 spiro atoms. The number of nitrogens with one attached hydrogen (secondary N) is 2. The highest BCUT2D eigenvalue weighted by atomic mass is 19.2. The number of halogens is 2. The zero-order chi connectivity index (χ0) is 25.2. The van der Waals surface area contributed by atoms with Gasteiger partial charge in [0.15, 0.2) is 11.6 Å². The van der Waals surface area contributed by atoms with Crippen molar-refractivity contribution in [1.29, 1.82) is 0 Å². The summed E-state index contributed by atoms with van der Waals surface area (Å²) in [5.41, 5.74) is 1.17. The van der Waals surface area contributed by atoms with Crippen LogP contribution >= 0.6 is 0 Å². The summed E-state index contributed by atoms with van der Waals surface area (Å²) in [5.74, 6) is -2.09. The van der Waals surface area contributed by atoms with Gasteiger partial charge in [-0.3, -0.25) is 19.3 Å². The summed E-state index contributed by atoms with van der Waals surface area (Å²) in [6.07, 6.45) is 1.82. The number of carbonyl (C=O) groups is 3. The third kappa shape index (κ3) is 8.32. The van der Waals surface area contributed by atoms with Crippen LogP contribution in [0, 0.1) is 11.6 Å². The Morgan fingerprint density at radius 2 is 1.71 bits per heavy atom. The fourth-order valence-electron chi connectivity index (χ4n) is 3.80. The van der Waals surface area contributed by atoms with Gasteiger partial charge in [0.2, 0.25) is 17.7 Å². The number of benzene rings is 2. The van der Waals surface area contributed by atoms with Crippen LogP contribution in [-0.2, 0) is 20.8 Å². The molecular formula is C25H30F2N4O4. The number of hydrogen-bond donors (Lipinski definition) is 2. The second kappa shape index (κ2) is 12.8. The van der Waals surface area contributed by atoms with E-state index in [1.165, 1.54) is 6.07 Å². The van der Waals surface area contributed by atoms with Crippen molar-refractivity contribution in [3.05, 3.63) is 59.7 Å². The monoisotopic (exact) mass is 488 g/mol. The maximum absolute atomic E-state index is 13.2. The van der Waals surface area contributed by atoms with Crippen LogP contribution < -0.4 is 15.4 Å². The molecule has 0 atom stereocenters. The lowest BCUT2D eigenvalue weighted by atomic mass is 10.1. The minimum Gasteiger partial charge on any atom is -0.497 e. The number of nitrogens with zero attached hydrogens (tertiary/aromatic N) is 2. The molecule has 0 saturated carbocycles. The zero-order valence-electron chi connectivity index (χ0n) is 19.7. The van der Waals surface area contributed by atoms with Crippen LogP contribution in [0.15, 0.2) is 42.5 Å². The fraction of sp³-hybridized carbons (Fsp3) is 0.400. The number of aryl methyl sites for hydroxylation is 1. The average molecular weight is 489 g/mol. The van der Waals surface area contributed by atoms with Crippen LogP contribution in [0.4, 0.5) is 14.5 Å². The van der Waals surface area contributed by atoms with E-state index in [9.17, 15) is 23.2 Å². The predicted molar refractivity (Wildman–Crippen MR) is 127 cm³/mol. The van der Waals surface area contributed by atoms with Gasteiger partial charge in [-0.1, -0.05) is 12.1 Å². The molecular weight excluding hydrogens is 458 g/mol. The Morgan fingerprint density at radius 1 is 0.943 bits per heavy atom. The average Bonchev–Trinajstić information content (AvgIpc) is 3.09. The van der Waals surface area contributed by atoms with Gasteiger partial charge in [-0.05, 0) is 42.7 Å². The summed E-state index contributed by atoms with van der Waals surface area (Å²) in [6.45, 7) is 2.20. The number of methoxy groups -OCH3 is 1. The smallest absolute Gasteiger partial charge is 0.243 e. The molecule has 2 N–H and O–H groups in total. The van der Waals surface area contributed by atoms with E-state index in [1.54, 1.807) is 7.11 Å². The third-order valence-corrected chi connectivity index (χ3v) is 5.74. The van der Waals surface area contributed by atoms with Gasteiger partial charge < -0.3 is 20.3 Å². The molecule has 1 fully saturated rings. The number of hydrogen-bond acceptors (Lipinski definition) is 5. The van der Waals surface area contributed by atoms with Crippen LogP contribution in [0.2, 0.25) is 0 Å². The van der Waals surface area contributed by atoms with E-state index in [4.69, 9.17) is 4.74 Å². The molecule has 2 aromatic carbocycles. The maximum Gasteiger partial charge on any atom is 0.243 e. The molecule has 1 heterocycles. The van der Waals surface area contributed by atoms with Crippen molar-refractivity contribution in [1.82, 2.24) is 15.1 Å². The Labute approximate surface area is 203 Å². The van der Waals surface area contributed by atoms with Gasteiger partial charge in [-0.15, -0.1) is 0 Å². The fourth-order valence-corrected chi connectivity index (χ4v) is 3.80. The number of rotatable bonds is 9. The Balaban J connectivity index is 1.36. The lowest BCUT2D eigenvalue weighted by Gasteiger charge is -2.22. The molecule has 10 heteroatoms. The van der Waals surface area contributed by atoms with Crippen molar-refractivity contribution in [3.8, 4) is 5.75 Å². The van der Waals surface area contributed by atoms with Crippen LogP contribution in [0.3, 0.4) is 0 Å². The standard InChI is InChI=1S/C25H30F2N4O4/c1-35-20-7-3-18(4-8-20)5-10-25(34)31-12-2-11-30(13-14-31)17-24(33)28-16-23(32)29-19-6-9-21(26)22(27)15-19/h3-4,6-9,15H,2,5,10-14,16-17H2,1H3,(H,28,33)(H,29,32). The topological polar surface area (TPSA) is 91.0 Å². The van der Waals surface area contributed by atoms with Gasteiger partial charge in [-0.25, -0.2) is 8.78 Å². The molecule has 2 aromatic rings. The van der Waals surface area contributed by atoms with Gasteiger partial charge in [-0.2, -0.15) is 0 Å². The summed E-state index contributed by atoms with van der Waals surface area (Å²) in [6, 6.07) is 10.7. The van der Waals surface area contributed by atoms with E-state index in [0.29, 0.717) is 39.0 Å². The second-order valence-electron chi connectivity index (χ2n) is 8.31. The largest absolute Gasteiger partial charge is 0.497 e. The van der Waals surface area contributed by atoms with E-state index in [-0.39, 0.29) is 30.6 Å². The molecule has 3 rings (SSSR count). The molecule has 188 valence electrons. The first-order valence-electron chi connectivity index (χ1n) is 11.5. The minimum atomic E-state index is -1.07. The van der Waals surface area contributed by atoms with E-state index < -0.39 is 17.5 Å². The van der Waals surface area contributed by atoms with Crippen LogP contribution in [0.1, 0.15) is 18.4 Å². The summed E-state index contributed by atoms with van der Waals surface area (Å²) >= 11 is 0. The highest BCUT2D eigenvalue weighted by Gasteiger charge is 2.20. The molecule has 0 unspecified atom stereocenters. The zero-order valence-corrected chi connectivity index (χ0v) is 19.7. The summed E-state index contributed by atoms with van der Waals surface area (Å²) in [5, 5.41) is 4.93. The van der Waals surface area contributed by atoms with E-state index in [1.807, 2.05) is 34.1 Å². The molecule has 1 saturated heterocycles. The molecule has 35 heavy (non-hydrogen) atoms. The molecule has 3 amide bonds. The Morgan fingerprint density at radius 3 is 2.43 bits per heavy atom. The van der Waals surface area contributed by atoms with Crippen molar-refractivity contribution < 1.29 is 27.9 Å². The van der Waals surface area contributed by atoms with Crippen molar-refractivity contribution >= 4 is 23.4 Å². The van der Waals surface area contributed by atoms with Crippen LogP contribution in [0.25, 0.3) is 0 Å². The predicted octanol–water partition coefficient (Wildman–Crippen LogP) is 2.20. The first kappa shape index (κ1) is 26.1. The summed E-state index contributed by atoms with van der Waals surface area (Å²) in [7, 11) is 1.61. The lowest BCUT2D eigenvalue weighted by Crippen LogP contribution is -2.42. The maximum atomic E-state index is 13.2. The van der Waals surface area contributed by atoms with Crippen molar-refractivity contribution in [2.24, 2.45) is 0 Å². The molecule has 0 aromatic heterocycles. The molecule has 8 nitrogen and oxygen atoms in total. The van der Waals surface area contributed by atoms with Gasteiger partial charge in [0, 0.05) is 44.4 Å². The molecule has 0 radical (unpaired) electrons. The molecule has 0 bridgehead atoms. The minimum absolute atomic E-state index is 0.0843. The molecule has 1 aliphatic heterocycles. The normalized spacial score (nSPS) is 14.2. The van der Waals surface area contributed by atoms with Gasteiger partial charge in [0.1, 0.15) is 5.75 Å². The Kier molecular flexibility index (Phi) is 9.54. The van der Waals surface area contributed by atoms with Gasteiger partial charge >= 0.3 is 0 Å². The van der Waals surface area contributed by atoms with Crippen molar-refractivity contribution in [2.45, 2.75) is 19.3 Å². The molecule has 0 aliphatic carbocycles. The summed E-state index contributed by atoms with van der Waals surface area (Å²) < 4.78 is 31.3. The van der Waals surface area contributed by atoms with Crippen LogP contribution in [-0.4, -0.2) is 73.9 Å². The van der Waals surface area contributed by atoms with Crippen LogP contribution in [0.5, 0.6) is 5.75 Å². The van der Waals surface area contributed by atoms with E-state index in [2.05, 4.69) is 10.6 Å². The van der Waals surface area contributed by atoms with Gasteiger partial charge in [0.25, 0.3) is 0 Å². The Hall–Kier alpha value is -3.53. The second-order valence-corrected chi connectivity index (χ2v) is 8.31. The highest BCUT2D eigenvalue weighted by molar-refractivity contribution is 5.94. The summed E-state index contributed by atoms with van der Waals surface area (Å²) in [4.78, 5) is 40.7. The molecule has 1 aliphatic rings. The number of amides is 3. The first-order chi connectivity index (χ1) is 16.8. The number of carbonyl (C=O) groups excluding carboxylic acids is 3. The lowest BCUT2D eigenvalue weighted by molar-refractivity contribution is -0.131. The van der Waals surface area contributed by atoms with E-state index >= 15 is 0 Å². The number of anilines is 1. The Bertz CT molecular complexity index is 1030. The van der Waals surface area contributed by atoms with Crippen molar-refractivity contribution in [3.63, 3.8) is 0 Å².